The first-order valence-corrected chi connectivity index (χ1v) is 13.7. The van der Waals surface area contributed by atoms with Gasteiger partial charge in [0.2, 0.25) is 11.8 Å². The van der Waals surface area contributed by atoms with Crippen LogP contribution in [0.15, 0.2) is 54.7 Å². The van der Waals surface area contributed by atoms with Gasteiger partial charge in [0.25, 0.3) is 0 Å². The van der Waals surface area contributed by atoms with Gasteiger partial charge in [-0.25, -0.2) is 4.98 Å². The van der Waals surface area contributed by atoms with Crippen molar-refractivity contribution in [1.29, 1.82) is 0 Å². The fourth-order valence-corrected chi connectivity index (χ4v) is 5.30. The zero-order valence-corrected chi connectivity index (χ0v) is 22.4. The fraction of sp³-hybridized carbons (Fsp3) is 0.367. The van der Waals surface area contributed by atoms with Crippen molar-refractivity contribution in [3.05, 3.63) is 77.0 Å². The summed E-state index contributed by atoms with van der Waals surface area (Å²) in [4.78, 5) is 29.9. The first-order valence-electron chi connectivity index (χ1n) is 13.7. The van der Waals surface area contributed by atoms with Gasteiger partial charge in [0.15, 0.2) is 0 Å². The van der Waals surface area contributed by atoms with Gasteiger partial charge < -0.3 is 26.4 Å². The molecule has 1 atom stereocenters. The van der Waals surface area contributed by atoms with Crippen molar-refractivity contribution in [3.63, 3.8) is 0 Å². The summed E-state index contributed by atoms with van der Waals surface area (Å²) in [5.41, 5.74) is 7.12. The summed E-state index contributed by atoms with van der Waals surface area (Å²) in [5.74, 6) is 0.623. The molecule has 2 aromatic carbocycles. The zero-order valence-electron chi connectivity index (χ0n) is 22.4. The Hall–Kier alpha value is -3.96. The van der Waals surface area contributed by atoms with E-state index in [1.54, 1.807) is 18.3 Å². The van der Waals surface area contributed by atoms with Crippen LogP contribution >= 0.6 is 0 Å². The van der Waals surface area contributed by atoms with Gasteiger partial charge in [-0.1, -0.05) is 6.07 Å². The van der Waals surface area contributed by atoms with Gasteiger partial charge in [-0.15, -0.1) is 0 Å². The molecule has 3 aromatic rings. The van der Waals surface area contributed by atoms with Gasteiger partial charge in [0.1, 0.15) is 17.3 Å². The van der Waals surface area contributed by atoms with E-state index in [2.05, 4.69) is 20.9 Å². The van der Waals surface area contributed by atoms with Crippen LogP contribution in [0.4, 0.5) is 24.7 Å². The lowest BCUT2D eigenvalue weighted by Crippen LogP contribution is -2.34. The summed E-state index contributed by atoms with van der Waals surface area (Å²) < 4.78 is 46.0. The van der Waals surface area contributed by atoms with Crippen molar-refractivity contribution in [2.75, 3.05) is 23.7 Å². The van der Waals surface area contributed by atoms with E-state index in [4.69, 9.17) is 10.5 Å². The number of amides is 2. The largest absolute Gasteiger partial charge is 0.457 e. The lowest BCUT2D eigenvalue weighted by atomic mass is 9.83. The molecule has 1 unspecified atom stereocenters. The first kappa shape index (κ1) is 28.6. The number of nitrogens with one attached hydrogen (secondary N) is 3. The highest BCUT2D eigenvalue weighted by Gasteiger charge is 2.32. The number of rotatable bonds is 7. The van der Waals surface area contributed by atoms with Crippen molar-refractivity contribution in [2.24, 2.45) is 17.6 Å². The van der Waals surface area contributed by atoms with Crippen LogP contribution in [-0.2, 0) is 35.2 Å². The number of piperidine rings is 1. The molecule has 5 N–H and O–H groups in total. The van der Waals surface area contributed by atoms with Gasteiger partial charge in [-0.05, 0) is 98.3 Å². The summed E-state index contributed by atoms with van der Waals surface area (Å²) in [6, 6.07) is 12.4. The number of halogens is 3. The Morgan fingerprint density at radius 2 is 1.68 bits per heavy atom. The molecule has 2 amide bonds. The van der Waals surface area contributed by atoms with Gasteiger partial charge in [-0.2, -0.15) is 13.2 Å². The number of hydrogen-bond donors (Lipinski definition) is 4. The Bertz CT molecular complexity index is 1420. The Balaban J connectivity index is 1.24. The second-order valence-electron chi connectivity index (χ2n) is 10.5. The van der Waals surface area contributed by atoms with Gasteiger partial charge in [-0.3, -0.25) is 9.59 Å². The van der Waals surface area contributed by atoms with Crippen molar-refractivity contribution in [2.45, 2.75) is 44.8 Å². The molecule has 1 aromatic heterocycles. The minimum atomic E-state index is -4.54. The number of benzene rings is 2. The van der Waals surface area contributed by atoms with Crippen LogP contribution in [0.3, 0.4) is 0 Å². The van der Waals surface area contributed by atoms with E-state index < -0.39 is 17.7 Å². The molecule has 0 radical (unpaired) electrons. The number of carbonyl (C=O) groups is 2. The Morgan fingerprint density at radius 1 is 0.927 bits per heavy atom. The number of pyridine rings is 1. The second kappa shape index (κ2) is 12.3. The summed E-state index contributed by atoms with van der Waals surface area (Å²) in [6.45, 7) is 1.56. The lowest BCUT2D eigenvalue weighted by Gasteiger charge is -2.25. The normalized spacial score (nSPS) is 17.4. The summed E-state index contributed by atoms with van der Waals surface area (Å²) >= 11 is 0. The molecule has 8 nitrogen and oxygen atoms in total. The number of fused-ring (bicyclic) bond motifs is 1. The third-order valence-corrected chi connectivity index (χ3v) is 7.53. The van der Waals surface area contributed by atoms with Crippen LogP contribution in [-0.4, -0.2) is 29.9 Å². The highest BCUT2D eigenvalue weighted by Crippen LogP contribution is 2.34. The van der Waals surface area contributed by atoms with E-state index in [0.717, 1.165) is 49.2 Å². The second-order valence-corrected chi connectivity index (χ2v) is 10.5. The van der Waals surface area contributed by atoms with Crippen molar-refractivity contribution < 1.29 is 27.5 Å². The third kappa shape index (κ3) is 7.22. The van der Waals surface area contributed by atoms with E-state index in [9.17, 15) is 22.8 Å². The van der Waals surface area contributed by atoms with Gasteiger partial charge in [0, 0.05) is 36.3 Å². The Kier molecular flexibility index (Phi) is 8.55. The summed E-state index contributed by atoms with van der Waals surface area (Å²) in [7, 11) is 0. The Morgan fingerprint density at radius 3 is 2.44 bits per heavy atom. The van der Waals surface area contributed by atoms with Crippen LogP contribution in [0.1, 0.15) is 41.5 Å². The maximum atomic E-state index is 13.3. The van der Waals surface area contributed by atoms with Crippen molar-refractivity contribution in [1.82, 2.24) is 10.3 Å². The predicted octanol–water partition coefficient (Wildman–Crippen LogP) is 5.03. The molecular weight excluding hydrogens is 535 g/mol. The number of aromatic nitrogens is 1. The number of hydrogen-bond acceptors (Lipinski definition) is 6. The number of alkyl halides is 3. The van der Waals surface area contributed by atoms with Crippen molar-refractivity contribution >= 4 is 23.3 Å². The molecule has 0 bridgehead atoms. The zero-order chi connectivity index (χ0) is 29.0. The van der Waals surface area contributed by atoms with Crippen LogP contribution < -0.4 is 26.4 Å². The SMILES string of the molecule is NCc1cc(NC(=O)C2CCc3ccc(Oc4ccnc(NC(=O)C5CCNCC5)c4)cc3C2)cc(C(F)(F)F)c1. The summed E-state index contributed by atoms with van der Waals surface area (Å²) in [6.07, 6.45) is 0.248. The quantitative estimate of drug-likeness (QED) is 0.318. The summed E-state index contributed by atoms with van der Waals surface area (Å²) in [5, 5.41) is 8.77. The third-order valence-electron chi connectivity index (χ3n) is 7.53. The molecule has 0 spiro atoms. The molecule has 2 heterocycles. The van der Waals surface area contributed by atoms with Crippen LogP contribution in [0.2, 0.25) is 0 Å². The lowest BCUT2D eigenvalue weighted by molar-refractivity contribution is -0.137. The molecule has 5 rings (SSSR count). The number of carbonyl (C=O) groups excluding carboxylic acids is 2. The standard InChI is InChI=1S/C30H32F3N5O3/c31-30(32,33)23-11-18(17-34)12-24(15-23)37-29(40)21-2-1-19-3-4-25(14-22(19)13-21)41-26-7-10-36-27(16-26)38-28(39)20-5-8-35-9-6-20/h3-4,7,10-12,14-16,20-21,35H,1-2,5-6,8-9,13,17,34H2,(H,37,40)(H,36,38,39). The highest BCUT2D eigenvalue weighted by atomic mass is 19.4. The molecular formula is C30H32F3N5O3. The van der Waals surface area contributed by atoms with E-state index >= 15 is 0 Å². The van der Waals surface area contributed by atoms with Crippen LogP contribution in [0, 0.1) is 11.8 Å². The molecule has 216 valence electrons. The molecule has 1 fully saturated rings. The van der Waals surface area contributed by atoms with Gasteiger partial charge >= 0.3 is 6.18 Å². The highest BCUT2D eigenvalue weighted by molar-refractivity contribution is 5.93. The predicted molar refractivity (Wildman–Crippen MR) is 148 cm³/mol. The molecule has 1 aliphatic carbocycles. The van der Waals surface area contributed by atoms with Gasteiger partial charge in [0.05, 0.1) is 5.56 Å². The van der Waals surface area contributed by atoms with E-state index in [1.807, 2.05) is 18.2 Å². The monoisotopic (exact) mass is 567 g/mol. The number of anilines is 2. The van der Waals surface area contributed by atoms with E-state index in [-0.39, 0.29) is 35.5 Å². The molecule has 11 heteroatoms. The molecule has 1 saturated heterocycles. The van der Waals surface area contributed by atoms with E-state index in [1.165, 1.54) is 6.07 Å². The minimum Gasteiger partial charge on any atom is -0.457 e. The number of ether oxygens (including phenoxy) is 1. The smallest absolute Gasteiger partial charge is 0.416 e. The average Bonchev–Trinajstić information content (AvgIpc) is 2.96. The molecule has 2 aliphatic rings. The molecule has 1 aliphatic heterocycles. The molecule has 41 heavy (non-hydrogen) atoms. The molecule has 0 saturated carbocycles. The number of nitrogens with two attached hydrogens (primary N) is 1. The maximum Gasteiger partial charge on any atom is 0.416 e. The number of nitrogens with zero attached hydrogens (tertiary/aromatic N) is 1. The minimum absolute atomic E-state index is 0.0512. The van der Waals surface area contributed by atoms with Crippen molar-refractivity contribution in [3.8, 4) is 11.5 Å². The van der Waals surface area contributed by atoms with Crippen LogP contribution in [0.5, 0.6) is 11.5 Å². The fourth-order valence-electron chi connectivity index (χ4n) is 5.30. The van der Waals surface area contributed by atoms with E-state index in [0.29, 0.717) is 36.6 Å². The number of aryl methyl sites for hydroxylation is 1. The maximum absolute atomic E-state index is 13.3. The first-order chi connectivity index (χ1) is 19.7. The van der Waals surface area contributed by atoms with Crippen LogP contribution in [0.25, 0.3) is 0 Å². The Labute approximate surface area is 235 Å². The average molecular weight is 568 g/mol. The topological polar surface area (TPSA) is 118 Å².